The third kappa shape index (κ3) is 1.88. The van der Waals surface area contributed by atoms with Crippen LogP contribution in [0.3, 0.4) is 0 Å². The second kappa shape index (κ2) is 4.40. The average molecular weight is 237 g/mol. The van der Waals surface area contributed by atoms with Gasteiger partial charge in [0.05, 0.1) is 31.3 Å². The summed E-state index contributed by atoms with van der Waals surface area (Å²) in [5.74, 6) is 0. The Labute approximate surface area is 101 Å². The highest BCUT2D eigenvalue weighted by atomic mass is 16.5. The molecule has 2 saturated heterocycles. The second-order valence-corrected chi connectivity index (χ2v) is 4.89. The first kappa shape index (κ1) is 11.2. The summed E-state index contributed by atoms with van der Waals surface area (Å²) >= 11 is 0. The van der Waals surface area contributed by atoms with Crippen LogP contribution in [0.2, 0.25) is 0 Å². The lowest BCUT2D eigenvalue weighted by Gasteiger charge is -2.46. The van der Waals surface area contributed by atoms with Crippen molar-refractivity contribution in [2.45, 2.75) is 24.5 Å². The molecule has 17 heavy (non-hydrogen) atoms. The number of nitrogens with one attached hydrogen (secondary N) is 1. The van der Waals surface area contributed by atoms with Gasteiger partial charge in [0.2, 0.25) is 0 Å². The molecular formula is C12H19N3O2. The van der Waals surface area contributed by atoms with Gasteiger partial charge < -0.3 is 19.4 Å². The summed E-state index contributed by atoms with van der Waals surface area (Å²) in [6, 6.07) is 0.184. The number of imidazole rings is 1. The normalized spacial score (nSPS) is 34.1. The van der Waals surface area contributed by atoms with Gasteiger partial charge >= 0.3 is 0 Å². The topological polar surface area (TPSA) is 48.3 Å². The summed E-state index contributed by atoms with van der Waals surface area (Å²) in [5.41, 5.74) is 0.972. The molecular weight excluding hydrogens is 218 g/mol. The van der Waals surface area contributed by atoms with Gasteiger partial charge in [-0.05, 0) is 12.8 Å². The Morgan fingerprint density at radius 1 is 1.53 bits per heavy atom. The molecule has 3 heterocycles. The Bertz CT molecular complexity index is 377. The van der Waals surface area contributed by atoms with Crippen LogP contribution in [0.15, 0.2) is 12.5 Å². The predicted molar refractivity (Wildman–Crippen MR) is 62.7 cm³/mol. The van der Waals surface area contributed by atoms with Gasteiger partial charge in [0.15, 0.2) is 0 Å². The van der Waals surface area contributed by atoms with Crippen molar-refractivity contribution in [1.29, 1.82) is 0 Å². The molecule has 2 unspecified atom stereocenters. The van der Waals surface area contributed by atoms with E-state index in [4.69, 9.17) is 9.47 Å². The largest absolute Gasteiger partial charge is 0.378 e. The van der Waals surface area contributed by atoms with E-state index in [1.165, 1.54) is 5.69 Å². The van der Waals surface area contributed by atoms with Crippen molar-refractivity contribution < 1.29 is 9.47 Å². The standard InChI is InChI=1S/C12H19N3O2/c1-15-9-13-7-10(15)11-12(17-6-4-14-11)3-2-5-16-8-12/h7,9,11,14H,2-6,8H2,1H3. The van der Waals surface area contributed by atoms with Crippen LogP contribution >= 0.6 is 0 Å². The molecule has 0 saturated carbocycles. The Hall–Kier alpha value is -0.910. The number of morpholine rings is 1. The third-order valence-electron chi connectivity index (χ3n) is 3.75. The molecule has 1 aromatic heterocycles. The van der Waals surface area contributed by atoms with Crippen LogP contribution in [0.25, 0.3) is 0 Å². The van der Waals surface area contributed by atoms with Gasteiger partial charge in [-0.15, -0.1) is 0 Å². The van der Waals surface area contributed by atoms with Crippen molar-refractivity contribution in [2.75, 3.05) is 26.4 Å². The van der Waals surface area contributed by atoms with Gasteiger partial charge in [-0.1, -0.05) is 0 Å². The Kier molecular flexibility index (Phi) is 2.90. The van der Waals surface area contributed by atoms with Crippen molar-refractivity contribution in [1.82, 2.24) is 14.9 Å². The van der Waals surface area contributed by atoms with Gasteiger partial charge in [-0.25, -0.2) is 4.98 Å². The lowest BCUT2D eigenvalue weighted by Crippen LogP contribution is -2.56. The fourth-order valence-corrected chi connectivity index (χ4v) is 2.88. The summed E-state index contributed by atoms with van der Waals surface area (Å²) in [6.07, 6.45) is 5.87. The number of rotatable bonds is 1. The first-order valence-corrected chi connectivity index (χ1v) is 6.23. The second-order valence-electron chi connectivity index (χ2n) is 4.89. The molecule has 94 valence electrons. The molecule has 5 heteroatoms. The fraction of sp³-hybridized carbons (Fsp3) is 0.750. The van der Waals surface area contributed by atoms with E-state index in [-0.39, 0.29) is 11.6 Å². The van der Waals surface area contributed by atoms with Crippen LogP contribution < -0.4 is 5.32 Å². The van der Waals surface area contributed by atoms with Gasteiger partial charge in [-0.2, -0.15) is 0 Å². The van der Waals surface area contributed by atoms with Crippen LogP contribution in [-0.2, 0) is 16.5 Å². The Morgan fingerprint density at radius 2 is 2.47 bits per heavy atom. The Balaban J connectivity index is 1.92. The first-order chi connectivity index (χ1) is 8.32. The van der Waals surface area contributed by atoms with Crippen LogP contribution in [0.4, 0.5) is 0 Å². The minimum Gasteiger partial charge on any atom is -0.378 e. The van der Waals surface area contributed by atoms with E-state index in [9.17, 15) is 0 Å². The molecule has 1 N–H and O–H groups in total. The number of ether oxygens (including phenoxy) is 2. The molecule has 0 aliphatic carbocycles. The maximum Gasteiger partial charge on any atom is 0.112 e. The van der Waals surface area contributed by atoms with Crippen molar-refractivity contribution in [3.63, 3.8) is 0 Å². The van der Waals surface area contributed by atoms with Crippen LogP contribution in [0.1, 0.15) is 24.6 Å². The minimum atomic E-state index is -0.204. The highest BCUT2D eigenvalue weighted by molar-refractivity contribution is 5.14. The molecule has 1 spiro atoms. The number of hydrogen-bond acceptors (Lipinski definition) is 4. The molecule has 0 amide bonds. The quantitative estimate of drug-likeness (QED) is 0.778. The smallest absolute Gasteiger partial charge is 0.112 e. The van der Waals surface area contributed by atoms with Crippen molar-refractivity contribution >= 4 is 0 Å². The van der Waals surface area contributed by atoms with Crippen LogP contribution in [0.5, 0.6) is 0 Å². The van der Waals surface area contributed by atoms with E-state index in [0.717, 1.165) is 32.6 Å². The van der Waals surface area contributed by atoms with Gasteiger partial charge in [0.25, 0.3) is 0 Å². The van der Waals surface area contributed by atoms with E-state index >= 15 is 0 Å². The number of aryl methyl sites for hydroxylation is 1. The average Bonchev–Trinajstić information content (AvgIpc) is 2.77. The zero-order valence-corrected chi connectivity index (χ0v) is 10.2. The lowest BCUT2D eigenvalue weighted by molar-refractivity contribution is -0.166. The summed E-state index contributed by atoms with van der Waals surface area (Å²) in [7, 11) is 2.02. The Morgan fingerprint density at radius 3 is 3.18 bits per heavy atom. The zero-order chi connectivity index (χ0) is 11.7. The highest BCUT2D eigenvalue weighted by Crippen LogP contribution is 2.37. The van der Waals surface area contributed by atoms with Gasteiger partial charge in [0.1, 0.15) is 5.60 Å². The van der Waals surface area contributed by atoms with Crippen LogP contribution in [0, 0.1) is 0 Å². The molecule has 0 radical (unpaired) electrons. The first-order valence-electron chi connectivity index (χ1n) is 6.23. The molecule has 2 aliphatic rings. The van der Waals surface area contributed by atoms with E-state index in [1.807, 2.05) is 19.6 Å². The maximum absolute atomic E-state index is 6.07. The van der Waals surface area contributed by atoms with E-state index in [1.54, 1.807) is 0 Å². The zero-order valence-electron chi connectivity index (χ0n) is 10.2. The summed E-state index contributed by atoms with van der Waals surface area (Å²) in [6.45, 7) is 3.17. The van der Waals surface area contributed by atoms with E-state index in [2.05, 4.69) is 14.9 Å². The molecule has 3 rings (SSSR count). The van der Waals surface area contributed by atoms with Crippen molar-refractivity contribution in [3.8, 4) is 0 Å². The lowest BCUT2D eigenvalue weighted by atomic mass is 9.85. The predicted octanol–water partition coefficient (Wildman–Crippen LogP) is 0.630. The summed E-state index contributed by atoms with van der Waals surface area (Å²) in [4.78, 5) is 4.20. The molecule has 5 nitrogen and oxygen atoms in total. The van der Waals surface area contributed by atoms with E-state index < -0.39 is 0 Å². The third-order valence-corrected chi connectivity index (χ3v) is 3.75. The van der Waals surface area contributed by atoms with Gasteiger partial charge in [0, 0.05) is 26.4 Å². The summed E-state index contributed by atoms with van der Waals surface area (Å²) in [5, 5.41) is 3.56. The monoisotopic (exact) mass is 237 g/mol. The van der Waals surface area contributed by atoms with Crippen LogP contribution in [-0.4, -0.2) is 41.5 Å². The van der Waals surface area contributed by atoms with E-state index in [0.29, 0.717) is 6.61 Å². The molecule has 2 fully saturated rings. The molecule has 0 bridgehead atoms. The number of hydrogen-bond donors (Lipinski definition) is 1. The van der Waals surface area contributed by atoms with Gasteiger partial charge in [-0.3, -0.25) is 0 Å². The highest BCUT2D eigenvalue weighted by Gasteiger charge is 2.45. The molecule has 0 aromatic carbocycles. The molecule has 2 aliphatic heterocycles. The van der Waals surface area contributed by atoms with Crippen molar-refractivity contribution in [3.05, 3.63) is 18.2 Å². The minimum absolute atomic E-state index is 0.184. The molecule has 2 atom stereocenters. The number of aromatic nitrogens is 2. The maximum atomic E-state index is 6.07. The SMILES string of the molecule is Cn1cncc1C1NCCOC12CCCOC2. The summed E-state index contributed by atoms with van der Waals surface area (Å²) < 4.78 is 13.8. The van der Waals surface area contributed by atoms with Crippen molar-refractivity contribution in [2.24, 2.45) is 7.05 Å². The fourth-order valence-electron chi connectivity index (χ4n) is 2.88. The molecule has 1 aromatic rings. The number of nitrogens with zero attached hydrogens (tertiary/aromatic N) is 2.